The summed E-state index contributed by atoms with van der Waals surface area (Å²) in [4.78, 5) is 12.9. The number of carbonyl (C=O) groups is 1. The fraction of sp³-hybridized carbons (Fsp3) is 0.185. The Kier molecular flexibility index (Phi) is 6.65. The van der Waals surface area contributed by atoms with Gasteiger partial charge in [0.25, 0.3) is 10.0 Å². The molecule has 0 spiro atoms. The first-order valence-corrected chi connectivity index (χ1v) is 12.4. The normalized spacial score (nSPS) is 11.7. The highest BCUT2D eigenvalue weighted by Gasteiger charge is 2.25. The molecule has 1 N–H and O–H groups in total. The maximum atomic E-state index is 13.6. The van der Waals surface area contributed by atoms with Crippen molar-refractivity contribution in [1.82, 2.24) is 9.29 Å². The van der Waals surface area contributed by atoms with Gasteiger partial charge in [-0.05, 0) is 50.1 Å². The second-order valence-electron chi connectivity index (χ2n) is 8.23. The number of nitrogens with one attached hydrogen (secondary N) is 1. The van der Waals surface area contributed by atoms with Crippen molar-refractivity contribution >= 4 is 26.8 Å². The fourth-order valence-corrected chi connectivity index (χ4v) is 5.42. The minimum Gasteiger partial charge on any atom is -0.355 e. The van der Waals surface area contributed by atoms with Crippen LogP contribution in [0.2, 0.25) is 0 Å². The summed E-state index contributed by atoms with van der Waals surface area (Å²) in [5, 5.41) is 3.77. The van der Waals surface area contributed by atoms with Crippen molar-refractivity contribution in [3.05, 3.63) is 108 Å². The SMILES string of the molecule is C[C](Cc1cc2ccccc2n1S(=O)(=O)c1ccc(C)cc1)C(=O)NCCc1ccccc1. The molecule has 169 valence electrons. The summed E-state index contributed by atoms with van der Waals surface area (Å²) in [5.74, 6) is 0.390. The van der Waals surface area contributed by atoms with Crippen LogP contribution in [0.15, 0.2) is 89.8 Å². The second kappa shape index (κ2) is 9.63. The molecule has 0 fully saturated rings. The first-order valence-electron chi connectivity index (χ1n) is 10.9. The average molecular weight is 460 g/mol. The topological polar surface area (TPSA) is 68.2 Å². The zero-order valence-electron chi connectivity index (χ0n) is 18.8. The Bertz CT molecular complexity index is 1360. The van der Waals surface area contributed by atoms with E-state index in [9.17, 15) is 13.2 Å². The van der Waals surface area contributed by atoms with E-state index < -0.39 is 10.0 Å². The lowest BCUT2D eigenvalue weighted by Gasteiger charge is -2.15. The van der Waals surface area contributed by atoms with E-state index in [0.29, 0.717) is 23.7 Å². The van der Waals surface area contributed by atoms with Crippen LogP contribution in [-0.4, -0.2) is 24.8 Å². The van der Waals surface area contributed by atoms with E-state index in [0.717, 1.165) is 22.9 Å². The zero-order valence-corrected chi connectivity index (χ0v) is 19.6. The zero-order chi connectivity index (χ0) is 23.4. The highest BCUT2D eigenvalue weighted by molar-refractivity contribution is 7.90. The Labute approximate surface area is 195 Å². The van der Waals surface area contributed by atoms with E-state index in [4.69, 9.17) is 0 Å². The Morgan fingerprint density at radius 3 is 2.30 bits per heavy atom. The minimum atomic E-state index is -3.82. The Morgan fingerprint density at radius 2 is 1.58 bits per heavy atom. The van der Waals surface area contributed by atoms with Crippen molar-refractivity contribution in [1.29, 1.82) is 0 Å². The number of benzene rings is 3. The Morgan fingerprint density at radius 1 is 0.909 bits per heavy atom. The van der Waals surface area contributed by atoms with Crippen molar-refractivity contribution in [2.75, 3.05) is 6.54 Å². The molecule has 0 saturated heterocycles. The predicted molar refractivity (Wildman–Crippen MR) is 131 cm³/mol. The van der Waals surface area contributed by atoms with Gasteiger partial charge >= 0.3 is 0 Å². The van der Waals surface area contributed by atoms with Gasteiger partial charge in [0.15, 0.2) is 0 Å². The molecule has 1 radical (unpaired) electrons. The molecule has 6 heteroatoms. The van der Waals surface area contributed by atoms with Crippen molar-refractivity contribution in [2.24, 2.45) is 0 Å². The highest BCUT2D eigenvalue weighted by Crippen LogP contribution is 2.28. The maximum absolute atomic E-state index is 13.6. The molecule has 5 nitrogen and oxygen atoms in total. The molecule has 4 aromatic rings. The molecular weight excluding hydrogens is 432 g/mol. The van der Waals surface area contributed by atoms with Crippen LogP contribution in [0.1, 0.15) is 23.7 Å². The van der Waals surface area contributed by atoms with Gasteiger partial charge in [0.05, 0.1) is 16.3 Å². The van der Waals surface area contributed by atoms with Crippen LogP contribution in [0.3, 0.4) is 0 Å². The van der Waals surface area contributed by atoms with Gasteiger partial charge in [-0.3, -0.25) is 4.79 Å². The quantitative estimate of drug-likeness (QED) is 0.416. The molecule has 0 atom stereocenters. The first kappa shape index (κ1) is 22.8. The van der Waals surface area contributed by atoms with Crippen molar-refractivity contribution < 1.29 is 13.2 Å². The molecule has 4 rings (SSSR count). The molecule has 1 aromatic heterocycles. The smallest absolute Gasteiger partial charge is 0.268 e. The molecule has 0 aliphatic rings. The number of hydrogen-bond donors (Lipinski definition) is 1. The molecule has 0 unspecified atom stereocenters. The van der Waals surface area contributed by atoms with Crippen molar-refractivity contribution in [2.45, 2.75) is 31.6 Å². The van der Waals surface area contributed by atoms with Crippen LogP contribution < -0.4 is 5.32 Å². The summed E-state index contributed by atoms with van der Waals surface area (Å²) >= 11 is 0. The van der Waals surface area contributed by atoms with Gasteiger partial charge in [-0.2, -0.15) is 0 Å². The molecule has 0 saturated carbocycles. The summed E-state index contributed by atoms with van der Waals surface area (Å²) < 4.78 is 28.5. The van der Waals surface area contributed by atoms with Crippen molar-refractivity contribution in [3.63, 3.8) is 0 Å². The molecule has 1 heterocycles. The number of rotatable bonds is 8. The number of para-hydroxylation sites is 1. The van der Waals surface area contributed by atoms with Crippen LogP contribution in [0.4, 0.5) is 0 Å². The standard InChI is InChI=1S/C27H27N2O3S/c1-20-12-14-25(15-13-20)33(31,32)29-24(19-23-10-6-7-11-26(23)29)18-21(2)27(30)28-17-16-22-8-4-3-5-9-22/h3-15,19H,16-18H2,1-2H3,(H,28,30). The summed E-state index contributed by atoms with van der Waals surface area (Å²) in [6.45, 7) is 4.19. The molecular formula is C27H27N2O3S. The van der Waals surface area contributed by atoms with E-state index >= 15 is 0 Å². The molecule has 0 bridgehead atoms. The van der Waals surface area contributed by atoms with Gasteiger partial charge in [-0.25, -0.2) is 12.4 Å². The predicted octanol–water partition coefficient (Wildman–Crippen LogP) is 4.68. The number of hydrogen-bond acceptors (Lipinski definition) is 3. The Balaban J connectivity index is 1.57. The number of aromatic nitrogens is 1. The summed E-state index contributed by atoms with van der Waals surface area (Å²) in [7, 11) is -3.82. The number of fused-ring (bicyclic) bond motifs is 1. The van der Waals surface area contributed by atoms with Crippen LogP contribution in [0.25, 0.3) is 10.9 Å². The molecule has 0 aliphatic heterocycles. The third-order valence-electron chi connectivity index (χ3n) is 5.67. The lowest BCUT2D eigenvalue weighted by atomic mass is 10.0. The lowest BCUT2D eigenvalue weighted by molar-refractivity contribution is -0.119. The summed E-state index contributed by atoms with van der Waals surface area (Å²) in [6.07, 6.45) is 0.971. The van der Waals surface area contributed by atoms with Gasteiger partial charge in [0, 0.05) is 24.0 Å². The highest BCUT2D eigenvalue weighted by atomic mass is 32.2. The van der Waals surface area contributed by atoms with E-state index in [-0.39, 0.29) is 17.2 Å². The first-order chi connectivity index (χ1) is 15.9. The van der Waals surface area contributed by atoms with Crippen LogP contribution >= 0.6 is 0 Å². The third-order valence-corrected chi connectivity index (χ3v) is 7.45. The molecule has 3 aromatic carbocycles. The number of amides is 1. The average Bonchev–Trinajstić information content (AvgIpc) is 3.18. The number of carbonyl (C=O) groups excluding carboxylic acids is 1. The van der Waals surface area contributed by atoms with Gasteiger partial charge in [0.2, 0.25) is 5.91 Å². The van der Waals surface area contributed by atoms with Gasteiger partial charge < -0.3 is 5.32 Å². The lowest BCUT2D eigenvalue weighted by Crippen LogP contribution is -2.31. The van der Waals surface area contributed by atoms with Gasteiger partial charge in [0.1, 0.15) is 0 Å². The van der Waals surface area contributed by atoms with Gasteiger partial charge in [-0.1, -0.05) is 66.2 Å². The van der Waals surface area contributed by atoms with Crippen LogP contribution in [-0.2, 0) is 27.7 Å². The molecule has 1 amide bonds. The number of nitrogens with zero attached hydrogens (tertiary/aromatic N) is 1. The fourth-order valence-electron chi connectivity index (χ4n) is 3.88. The van der Waals surface area contributed by atoms with E-state index in [2.05, 4.69) is 5.32 Å². The van der Waals surface area contributed by atoms with E-state index in [1.54, 1.807) is 37.3 Å². The monoisotopic (exact) mass is 459 g/mol. The van der Waals surface area contributed by atoms with Crippen molar-refractivity contribution in [3.8, 4) is 0 Å². The third kappa shape index (κ3) is 5.01. The van der Waals surface area contributed by atoms with Crippen LogP contribution in [0, 0.1) is 12.8 Å². The minimum absolute atomic E-state index is 0.171. The molecule has 0 aliphatic carbocycles. The molecule has 33 heavy (non-hydrogen) atoms. The summed E-state index contributed by atoms with van der Waals surface area (Å²) in [5.41, 5.74) is 3.31. The second-order valence-corrected chi connectivity index (χ2v) is 10.0. The van der Waals surface area contributed by atoms with E-state index in [1.807, 2.05) is 61.5 Å². The largest absolute Gasteiger partial charge is 0.355 e. The maximum Gasteiger partial charge on any atom is 0.268 e. The van der Waals surface area contributed by atoms with Gasteiger partial charge in [-0.15, -0.1) is 0 Å². The number of aryl methyl sites for hydroxylation is 1. The summed E-state index contributed by atoms with van der Waals surface area (Å²) in [6, 6.07) is 26.0. The Hall–Kier alpha value is -3.38. The van der Waals surface area contributed by atoms with E-state index in [1.165, 1.54) is 3.97 Å². The van der Waals surface area contributed by atoms with Crippen LogP contribution in [0.5, 0.6) is 0 Å².